The first-order valence-corrected chi connectivity index (χ1v) is 10.7. The Morgan fingerprint density at radius 2 is 1.76 bits per heavy atom. The molecule has 1 atom stereocenters. The molecule has 176 valence electrons. The molecule has 1 amide bonds. The average Bonchev–Trinajstić information content (AvgIpc) is 3.06. The number of non-ortho nitro benzene ring substituents is 1. The van der Waals surface area contributed by atoms with E-state index in [-0.39, 0.29) is 5.69 Å². The van der Waals surface area contributed by atoms with Gasteiger partial charge in [-0.2, -0.15) is 5.10 Å². The van der Waals surface area contributed by atoms with Gasteiger partial charge in [-0.15, -0.1) is 0 Å². The van der Waals surface area contributed by atoms with Crippen LogP contribution in [0.4, 0.5) is 11.4 Å². The molecule has 0 bridgehead atoms. The first-order valence-electron chi connectivity index (χ1n) is 10.7. The number of nitro groups is 1. The number of benzene rings is 2. The zero-order valence-corrected chi connectivity index (χ0v) is 19.4. The molecule has 34 heavy (non-hydrogen) atoms. The van der Waals surface area contributed by atoms with Crippen LogP contribution >= 0.6 is 0 Å². The Morgan fingerprint density at radius 1 is 1.12 bits per heavy atom. The third kappa shape index (κ3) is 6.16. The highest BCUT2D eigenvalue weighted by Crippen LogP contribution is 2.18. The topological polar surface area (TPSA) is 116 Å². The summed E-state index contributed by atoms with van der Waals surface area (Å²) in [4.78, 5) is 34.7. The van der Waals surface area contributed by atoms with Gasteiger partial charge in [0.25, 0.3) is 11.6 Å². The van der Waals surface area contributed by atoms with Gasteiger partial charge >= 0.3 is 5.97 Å². The molecule has 1 aromatic heterocycles. The number of nitrogens with zero attached hydrogens (tertiary/aromatic N) is 3. The molecule has 0 radical (unpaired) electrons. The molecule has 0 saturated carbocycles. The summed E-state index contributed by atoms with van der Waals surface area (Å²) in [5.74, 6) is -1.22. The molecule has 2 aromatic carbocycles. The number of nitro benzene ring substituents is 1. The van der Waals surface area contributed by atoms with E-state index in [0.29, 0.717) is 12.2 Å². The fraction of sp³-hybridized carbons (Fsp3) is 0.240. The fourth-order valence-electron chi connectivity index (χ4n) is 3.30. The molecule has 9 heteroatoms. The SMILES string of the molecule is Cc1ccc(Cn2nc(C)c(/C=C/C(=O)OC(C)C(=O)Nc3ccc([N+](=O)[O-])cc3)c2C)cc1. The molecule has 1 heterocycles. The second kappa shape index (κ2) is 10.6. The van der Waals surface area contributed by atoms with E-state index in [4.69, 9.17) is 4.74 Å². The maximum atomic E-state index is 12.3. The fourth-order valence-corrected chi connectivity index (χ4v) is 3.30. The van der Waals surface area contributed by atoms with Crippen LogP contribution in [0.5, 0.6) is 0 Å². The smallest absolute Gasteiger partial charge is 0.331 e. The van der Waals surface area contributed by atoms with Crippen molar-refractivity contribution in [3.63, 3.8) is 0 Å². The quantitative estimate of drug-likeness (QED) is 0.230. The van der Waals surface area contributed by atoms with Gasteiger partial charge in [0.05, 0.1) is 17.2 Å². The second-order valence-corrected chi connectivity index (χ2v) is 7.93. The van der Waals surface area contributed by atoms with Crippen LogP contribution in [0, 0.1) is 30.9 Å². The van der Waals surface area contributed by atoms with E-state index in [9.17, 15) is 19.7 Å². The van der Waals surface area contributed by atoms with E-state index >= 15 is 0 Å². The number of aromatic nitrogens is 2. The summed E-state index contributed by atoms with van der Waals surface area (Å²) in [5.41, 5.74) is 5.08. The molecular weight excluding hydrogens is 436 g/mol. The number of hydrogen-bond acceptors (Lipinski definition) is 6. The Labute approximate surface area is 197 Å². The lowest BCUT2D eigenvalue weighted by Gasteiger charge is -2.12. The summed E-state index contributed by atoms with van der Waals surface area (Å²) in [6.07, 6.45) is 1.84. The van der Waals surface area contributed by atoms with Crippen LogP contribution in [0.2, 0.25) is 0 Å². The maximum absolute atomic E-state index is 12.3. The van der Waals surface area contributed by atoms with Crippen molar-refractivity contribution in [2.24, 2.45) is 0 Å². The van der Waals surface area contributed by atoms with E-state index in [1.54, 1.807) is 6.08 Å². The van der Waals surface area contributed by atoms with Gasteiger partial charge in [0, 0.05) is 35.2 Å². The highest BCUT2D eigenvalue weighted by atomic mass is 16.6. The van der Waals surface area contributed by atoms with Gasteiger partial charge in [-0.25, -0.2) is 4.79 Å². The molecule has 9 nitrogen and oxygen atoms in total. The van der Waals surface area contributed by atoms with Crippen molar-refractivity contribution in [1.29, 1.82) is 0 Å². The first-order chi connectivity index (χ1) is 16.1. The molecular formula is C25H26N4O5. The number of amides is 1. The van der Waals surface area contributed by atoms with Gasteiger partial charge in [-0.1, -0.05) is 29.8 Å². The summed E-state index contributed by atoms with van der Waals surface area (Å²) in [6, 6.07) is 13.6. The normalized spacial score (nSPS) is 11.9. The summed E-state index contributed by atoms with van der Waals surface area (Å²) < 4.78 is 7.07. The minimum atomic E-state index is -1.06. The van der Waals surface area contributed by atoms with Gasteiger partial charge in [-0.05, 0) is 51.5 Å². The largest absolute Gasteiger partial charge is 0.449 e. The summed E-state index contributed by atoms with van der Waals surface area (Å²) in [5, 5.41) is 17.8. The van der Waals surface area contributed by atoms with Crippen molar-refractivity contribution in [1.82, 2.24) is 9.78 Å². The van der Waals surface area contributed by atoms with E-state index in [2.05, 4.69) is 34.7 Å². The standard InChI is InChI=1S/C25H26N4O5/c1-16-5-7-20(8-6-16)15-28-18(3)23(17(2)27-28)13-14-24(30)34-19(4)25(31)26-21-9-11-22(12-10-21)29(32)33/h5-14,19H,15H2,1-4H3,(H,26,31)/b14-13+. The minimum Gasteiger partial charge on any atom is -0.449 e. The number of carbonyl (C=O) groups excluding carboxylic acids is 2. The van der Waals surface area contributed by atoms with E-state index < -0.39 is 22.9 Å². The zero-order valence-electron chi connectivity index (χ0n) is 19.4. The molecule has 0 aliphatic heterocycles. The van der Waals surface area contributed by atoms with Crippen molar-refractivity contribution < 1.29 is 19.2 Å². The number of hydrogen-bond donors (Lipinski definition) is 1. The van der Waals surface area contributed by atoms with Crippen LogP contribution in [0.25, 0.3) is 6.08 Å². The number of carbonyl (C=O) groups is 2. The summed E-state index contributed by atoms with van der Waals surface area (Å²) in [7, 11) is 0. The number of ether oxygens (including phenoxy) is 1. The highest BCUT2D eigenvalue weighted by Gasteiger charge is 2.18. The molecule has 0 saturated heterocycles. The van der Waals surface area contributed by atoms with Gasteiger partial charge in [-0.3, -0.25) is 19.6 Å². The molecule has 1 unspecified atom stereocenters. The Hall–Kier alpha value is -4.27. The highest BCUT2D eigenvalue weighted by molar-refractivity contribution is 5.96. The Bertz CT molecular complexity index is 1230. The van der Waals surface area contributed by atoms with Crippen molar-refractivity contribution in [3.8, 4) is 0 Å². The van der Waals surface area contributed by atoms with Gasteiger partial charge in [0.2, 0.25) is 0 Å². The maximum Gasteiger partial charge on any atom is 0.331 e. The van der Waals surface area contributed by atoms with E-state index in [1.165, 1.54) is 42.8 Å². The lowest BCUT2D eigenvalue weighted by molar-refractivity contribution is -0.384. The van der Waals surface area contributed by atoms with Crippen LogP contribution < -0.4 is 5.32 Å². The predicted octanol–water partition coefficient (Wildman–Crippen LogP) is 4.35. The number of esters is 1. The molecule has 0 fully saturated rings. The summed E-state index contributed by atoms with van der Waals surface area (Å²) in [6.45, 7) is 7.90. The molecule has 3 rings (SSSR count). The number of aryl methyl sites for hydroxylation is 2. The predicted molar refractivity (Wildman–Crippen MR) is 128 cm³/mol. The summed E-state index contributed by atoms with van der Waals surface area (Å²) >= 11 is 0. The Kier molecular flexibility index (Phi) is 7.57. The molecule has 0 aliphatic carbocycles. The zero-order chi connectivity index (χ0) is 24.8. The number of nitrogens with one attached hydrogen (secondary N) is 1. The van der Waals surface area contributed by atoms with Crippen molar-refractivity contribution in [3.05, 3.63) is 92.8 Å². The van der Waals surface area contributed by atoms with Gasteiger partial charge < -0.3 is 10.1 Å². The Balaban J connectivity index is 1.59. The van der Waals surface area contributed by atoms with Crippen molar-refractivity contribution in [2.45, 2.75) is 40.3 Å². The van der Waals surface area contributed by atoms with Gasteiger partial charge in [0.1, 0.15) is 0 Å². The van der Waals surface area contributed by atoms with E-state index in [1.807, 2.05) is 25.5 Å². The molecule has 3 aromatic rings. The first kappa shape index (κ1) is 24.4. The molecule has 0 aliphatic rings. The van der Waals surface area contributed by atoms with Crippen LogP contribution in [-0.4, -0.2) is 32.7 Å². The van der Waals surface area contributed by atoms with Crippen molar-refractivity contribution >= 4 is 29.3 Å². The molecule has 0 spiro atoms. The Morgan fingerprint density at radius 3 is 2.38 bits per heavy atom. The lowest BCUT2D eigenvalue weighted by atomic mass is 10.1. The lowest BCUT2D eigenvalue weighted by Crippen LogP contribution is -2.29. The van der Waals surface area contributed by atoms with Crippen LogP contribution in [0.3, 0.4) is 0 Å². The van der Waals surface area contributed by atoms with Gasteiger partial charge in [0.15, 0.2) is 6.10 Å². The number of rotatable bonds is 8. The third-order valence-corrected chi connectivity index (χ3v) is 5.28. The van der Waals surface area contributed by atoms with Crippen molar-refractivity contribution in [2.75, 3.05) is 5.32 Å². The second-order valence-electron chi connectivity index (χ2n) is 7.93. The third-order valence-electron chi connectivity index (χ3n) is 5.28. The average molecular weight is 463 g/mol. The van der Waals surface area contributed by atoms with Crippen LogP contribution in [0.1, 0.15) is 35.0 Å². The monoisotopic (exact) mass is 462 g/mol. The van der Waals surface area contributed by atoms with Crippen LogP contribution in [-0.2, 0) is 20.9 Å². The minimum absolute atomic E-state index is 0.0876. The van der Waals surface area contributed by atoms with E-state index in [0.717, 1.165) is 22.5 Å². The van der Waals surface area contributed by atoms with Crippen LogP contribution in [0.15, 0.2) is 54.6 Å². The molecule has 1 N–H and O–H groups in total. The number of anilines is 1.